The fourth-order valence-electron chi connectivity index (χ4n) is 2.08. The minimum absolute atomic E-state index is 0.0595. The van der Waals surface area contributed by atoms with Crippen LogP contribution < -0.4 is 15.4 Å². The van der Waals surface area contributed by atoms with Gasteiger partial charge in [0.1, 0.15) is 6.04 Å². The zero-order valence-corrected chi connectivity index (χ0v) is 12.3. The molecule has 0 spiro atoms. The van der Waals surface area contributed by atoms with Crippen LogP contribution in [0.5, 0.6) is 5.88 Å². The maximum atomic E-state index is 11.5. The van der Waals surface area contributed by atoms with Crippen LogP contribution in [-0.4, -0.2) is 48.8 Å². The molecule has 0 saturated carbocycles. The van der Waals surface area contributed by atoms with E-state index >= 15 is 0 Å². The molecule has 0 aliphatic carbocycles. The van der Waals surface area contributed by atoms with Crippen molar-refractivity contribution in [2.75, 3.05) is 25.7 Å². The predicted molar refractivity (Wildman–Crippen MR) is 72.0 cm³/mol. The van der Waals surface area contributed by atoms with Crippen molar-refractivity contribution in [1.29, 1.82) is 0 Å². The van der Waals surface area contributed by atoms with Gasteiger partial charge in [-0.3, -0.25) is 4.79 Å². The number of rotatable bonds is 4. The van der Waals surface area contributed by atoms with Crippen LogP contribution in [0.4, 0.5) is 5.95 Å². The number of methoxy groups -OCH3 is 2. The molecule has 1 amide bonds. The number of halogens is 1. The summed E-state index contributed by atoms with van der Waals surface area (Å²) >= 11 is 3.28. The molecule has 7 nitrogen and oxygen atoms in total. The number of aromatic nitrogens is 2. The maximum Gasteiger partial charge on any atom is 0.240 e. The van der Waals surface area contributed by atoms with Gasteiger partial charge in [0.25, 0.3) is 0 Å². The molecule has 1 aromatic rings. The van der Waals surface area contributed by atoms with Gasteiger partial charge in [-0.1, -0.05) is 0 Å². The Bertz CT molecular complexity index is 485. The van der Waals surface area contributed by atoms with Crippen molar-refractivity contribution >= 4 is 27.8 Å². The Kier molecular flexibility index (Phi) is 4.20. The average Bonchev–Trinajstić information content (AvgIpc) is 2.83. The van der Waals surface area contributed by atoms with E-state index in [1.165, 1.54) is 7.11 Å². The lowest BCUT2D eigenvalue weighted by molar-refractivity contribution is -0.119. The number of hydrogen-bond acceptors (Lipinski definition) is 6. The van der Waals surface area contributed by atoms with Gasteiger partial charge in [0.05, 0.1) is 23.9 Å². The van der Waals surface area contributed by atoms with Gasteiger partial charge in [0.15, 0.2) is 0 Å². The highest BCUT2D eigenvalue weighted by Gasteiger charge is 2.37. The van der Waals surface area contributed by atoms with Crippen molar-refractivity contribution in [1.82, 2.24) is 9.97 Å². The topological polar surface area (TPSA) is 90.6 Å². The number of anilines is 1. The standard InChI is InChI=1S/C11H15BrN4O3/c1-18-6-3-8(9(13)17)16(5-6)11-14-4-7(12)10(15-11)19-2/h4,6,8H,3,5H2,1-2H3,(H2,13,17)/t6-,8-/m0/s1. The van der Waals surface area contributed by atoms with Crippen LogP contribution in [0.25, 0.3) is 0 Å². The second kappa shape index (κ2) is 5.70. The van der Waals surface area contributed by atoms with Crippen molar-refractivity contribution in [2.24, 2.45) is 5.73 Å². The van der Waals surface area contributed by atoms with E-state index in [2.05, 4.69) is 25.9 Å². The number of primary amides is 1. The van der Waals surface area contributed by atoms with Crippen molar-refractivity contribution in [3.8, 4) is 5.88 Å². The van der Waals surface area contributed by atoms with Crippen molar-refractivity contribution in [2.45, 2.75) is 18.6 Å². The SMILES string of the molecule is COc1nc(N2C[C@@H](OC)C[C@H]2C(N)=O)ncc1Br. The first-order valence-electron chi connectivity index (χ1n) is 5.72. The maximum absolute atomic E-state index is 11.5. The Morgan fingerprint density at radius 2 is 2.32 bits per heavy atom. The molecule has 2 rings (SSSR count). The van der Waals surface area contributed by atoms with Crippen LogP contribution in [0.15, 0.2) is 10.7 Å². The second-order valence-corrected chi connectivity index (χ2v) is 5.05. The molecule has 2 heterocycles. The fraction of sp³-hybridized carbons (Fsp3) is 0.545. The number of carbonyl (C=O) groups is 1. The van der Waals surface area contributed by atoms with Gasteiger partial charge in [-0.25, -0.2) is 4.98 Å². The third-order valence-electron chi connectivity index (χ3n) is 3.07. The minimum Gasteiger partial charge on any atom is -0.480 e. The summed E-state index contributed by atoms with van der Waals surface area (Å²) in [5.74, 6) is 0.405. The van der Waals surface area contributed by atoms with Gasteiger partial charge in [-0.05, 0) is 15.9 Å². The minimum atomic E-state index is -0.462. The zero-order chi connectivity index (χ0) is 14.0. The molecule has 1 fully saturated rings. The smallest absolute Gasteiger partial charge is 0.240 e. The van der Waals surface area contributed by atoms with E-state index in [-0.39, 0.29) is 6.10 Å². The van der Waals surface area contributed by atoms with Crippen molar-refractivity contribution in [3.63, 3.8) is 0 Å². The summed E-state index contributed by atoms with van der Waals surface area (Å²) in [5.41, 5.74) is 5.41. The molecule has 2 N–H and O–H groups in total. The van der Waals surface area contributed by atoms with Gasteiger partial charge in [-0.2, -0.15) is 4.98 Å². The van der Waals surface area contributed by atoms with E-state index in [4.69, 9.17) is 15.2 Å². The first-order valence-corrected chi connectivity index (χ1v) is 6.51. The van der Waals surface area contributed by atoms with E-state index in [1.807, 2.05) is 0 Å². The summed E-state index contributed by atoms with van der Waals surface area (Å²) in [6, 6.07) is -0.462. The summed E-state index contributed by atoms with van der Waals surface area (Å²) in [6.07, 6.45) is 2.06. The third-order valence-corrected chi connectivity index (χ3v) is 3.62. The third kappa shape index (κ3) is 2.79. The number of nitrogens with zero attached hydrogens (tertiary/aromatic N) is 3. The van der Waals surface area contributed by atoms with Gasteiger partial charge in [-0.15, -0.1) is 0 Å². The summed E-state index contributed by atoms with van der Waals surface area (Å²) in [4.78, 5) is 21.7. The van der Waals surface area contributed by atoms with Crippen LogP contribution in [0.1, 0.15) is 6.42 Å². The molecule has 8 heteroatoms. The normalized spacial score (nSPS) is 22.6. The monoisotopic (exact) mass is 330 g/mol. The molecule has 2 atom stereocenters. The number of ether oxygens (including phenoxy) is 2. The Hall–Kier alpha value is -1.41. The lowest BCUT2D eigenvalue weighted by Gasteiger charge is -2.22. The summed E-state index contributed by atoms with van der Waals surface area (Å²) < 4.78 is 11.0. The van der Waals surface area contributed by atoms with E-state index in [0.717, 1.165) is 0 Å². The highest BCUT2D eigenvalue weighted by atomic mass is 79.9. The number of carbonyl (C=O) groups excluding carboxylic acids is 1. The summed E-state index contributed by atoms with van der Waals surface area (Å²) in [6.45, 7) is 0.523. The number of nitrogens with two attached hydrogens (primary N) is 1. The molecular formula is C11H15BrN4O3. The quantitative estimate of drug-likeness (QED) is 0.855. The van der Waals surface area contributed by atoms with Gasteiger partial charge >= 0.3 is 0 Å². The number of hydrogen-bond donors (Lipinski definition) is 1. The molecule has 19 heavy (non-hydrogen) atoms. The van der Waals surface area contributed by atoms with Crippen LogP contribution in [0.2, 0.25) is 0 Å². The van der Waals surface area contributed by atoms with E-state index in [0.29, 0.717) is 29.3 Å². The van der Waals surface area contributed by atoms with Crippen LogP contribution in [0.3, 0.4) is 0 Å². The highest BCUT2D eigenvalue weighted by Crippen LogP contribution is 2.28. The fourth-order valence-corrected chi connectivity index (χ4v) is 2.44. The molecule has 0 radical (unpaired) electrons. The van der Waals surface area contributed by atoms with Gasteiger partial charge < -0.3 is 20.1 Å². The second-order valence-electron chi connectivity index (χ2n) is 4.19. The lowest BCUT2D eigenvalue weighted by atomic mass is 10.2. The highest BCUT2D eigenvalue weighted by molar-refractivity contribution is 9.10. The molecule has 0 bridgehead atoms. The molecule has 104 valence electrons. The molecular weight excluding hydrogens is 316 g/mol. The molecule has 0 aromatic carbocycles. The van der Waals surface area contributed by atoms with Crippen LogP contribution in [-0.2, 0) is 9.53 Å². The van der Waals surface area contributed by atoms with E-state index in [1.54, 1.807) is 18.2 Å². The van der Waals surface area contributed by atoms with E-state index in [9.17, 15) is 4.79 Å². The Morgan fingerprint density at radius 1 is 1.58 bits per heavy atom. The van der Waals surface area contributed by atoms with E-state index < -0.39 is 11.9 Å². The number of amides is 1. The molecule has 1 saturated heterocycles. The Morgan fingerprint density at radius 3 is 2.89 bits per heavy atom. The first-order chi connectivity index (χ1) is 9.06. The van der Waals surface area contributed by atoms with Crippen molar-refractivity contribution in [3.05, 3.63) is 10.7 Å². The average molecular weight is 331 g/mol. The Labute approximate surface area is 119 Å². The summed E-state index contributed by atoms with van der Waals surface area (Å²) in [7, 11) is 3.12. The first kappa shape index (κ1) is 14.0. The van der Waals surface area contributed by atoms with Crippen molar-refractivity contribution < 1.29 is 14.3 Å². The largest absolute Gasteiger partial charge is 0.480 e. The predicted octanol–water partition coefficient (Wildman–Crippen LogP) is 0.327. The van der Waals surface area contributed by atoms with Gasteiger partial charge in [0.2, 0.25) is 17.7 Å². The summed E-state index contributed by atoms with van der Waals surface area (Å²) in [5, 5.41) is 0. The van der Waals surface area contributed by atoms with Crippen LogP contribution >= 0.6 is 15.9 Å². The molecule has 1 aromatic heterocycles. The lowest BCUT2D eigenvalue weighted by Crippen LogP contribution is -2.41. The zero-order valence-electron chi connectivity index (χ0n) is 10.7. The Balaban J connectivity index is 2.31. The molecule has 1 aliphatic heterocycles. The molecule has 0 unspecified atom stereocenters. The van der Waals surface area contributed by atoms with Gasteiger partial charge in [0, 0.05) is 20.1 Å². The van der Waals surface area contributed by atoms with Crippen LogP contribution in [0, 0.1) is 0 Å². The molecule has 1 aliphatic rings.